The number of aliphatic hydroxyl groups is 1. The highest BCUT2D eigenvalue weighted by Crippen LogP contribution is 2.50. The van der Waals surface area contributed by atoms with Gasteiger partial charge < -0.3 is 10.8 Å². The number of aromatic nitrogens is 1. The van der Waals surface area contributed by atoms with Gasteiger partial charge in [-0.05, 0) is 49.1 Å². The molecule has 1 aliphatic carbocycles. The lowest BCUT2D eigenvalue weighted by Crippen LogP contribution is -2.42. The lowest BCUT2D eigenvalue weighted by Gasteiger charge is -2.45. The average molecular weight is 276 g/mol. The summed E-state index contributed by atoms with van der Waals surface area (Å²) in [5.41, 5.74) is 6.95. The van der Waals surface area contributed by atoms with Crippen LogP contribution in [0.4, 0.5) is 0 Å². The van der Waals surface area contributed by atoms with Gasteiger partial charge in [-0.3, -0.25) is 4.98 Å². The molecule has 0 aliphatic heterocycles. The summed E-state index contributed by atoms with van der Waals surface area (Å²) in [7, 11) is 0. The van der Waals surface area contributed by atoms with Gasteiger partial charge in [-0.15, -0.1) is 0 Å². The van der Waals surface area contributed by atoms with E-state index in [0.29, 0.717) is 12.0 Å². The van der Waals surface area contributed by atoms with Crippen LogP contribution in [0.15, 0.2) is 24.4 Å². The van der Waals surface area contributed by atoms with Crippen LogP contribution >= 0.6 is 0 Å². The molecule has 3 N–H and O–H groups in total. The van der Waals surface area contributed by atoms with Crippen LogP contribution in [0.3, 0.4) is 0 Å². The second-order valence-electron chi connectivity index (χ2n) is 7.36. The maximum absolute atomic E-state index is 10.7. The Hall–Kier alpha value is -0.930. The fourth-order valence-corrected chi connectivity index (χ4v) is 3.50. The molecular formula is C17H28N2O. The minimum absolute atomic E-state index is 0.198. The summed E-state index contributed by atoms with van der Waals surface area (Å²) in [6, 6.07) is 5.70. The van der Waals surface area contributed by atoms with Crippen LogP contribution in [-0.4, -0.2) is 16.6 Å². The molecule has 0 bridgehead atoms. The van der Waals surface area contributed by atoms with E-state index < -0.39 is 6.10 Å². The summed E-state index contributed by atoms with van der Waals surface area (Å²) in [5, 5.41) is 10.7. The SMILES string of the molecule is CC(C)(C)C1CCC(CN)(C(O)c2ccccn2)CC1. The van der Waals surface area contributed by atoms with Crippen LogP contribution in [0, 0.1) is 16.7 Å². The first-order chi connectivity index (χ1) is 9.39. The molecule has 112 valence electrons. The molecule has 1 fully saturated rings. The molecule has 0 radical (unpaired) electrons. The Balaban J connectivity index is 2.13. The molecule has 0 spiro atoms. The molecule has 1 aliphatic rings. The van der Waals surface area contributed by atoms with Crippen molar-refractivity contribution in [3.05, 3.63) is 30.1 Å². The second-order valence-corrected chi connectivity index (χ2v) is 7.36. The maximum Gasteiger partial charge on any atom is 0.103 e. The van der Waals surface area contributed by atoms with Crippen molar-refractivity contribution < 1.29 is 5.11 Å². The number of pyridine rings is 1. The van der Waals surface area contributed by atoms with E-state index in [-0.39, 0.29) is 5.41 Å². The third-order valence-corrected chi connectivity index (χ3v) is 5.16. The standard InChI is InChI=1S/C17H28N2O/c1-16(2,3)13-7-9-17(12-18,10-8-13)15(20)14-6-4-5-11-19-14/h4-6,11,13,15,20H,7-10,12,18H2,1-3H3. The first kappa shape index (κ1) is 15.5. The minimum atomic E-state index is -0.547. The van der Waals surface area contributed by atoms with Gasteiger partial charge in [0.05, 0.1) is 5.69 Å². The number of nitrogens with zero attached hydrogens (tertiary/aromatic N) is 1. The van der Waals surface area contributed by atoms with Gasteiger partial charge in [-0.2, -0.15) is 0 Å². The summed E-state index contributed by atoms with van der Waals surface area (Å²) in [5.74, 6) is 0.720. The zero-order chi connectivity index (χ0) is 14.8. The van der Waals surface area contributed by atoms with Crippen molar-refractivity contribution >= 4 is 0 Å². The molecule has 1 saturated carbocycles. The van der Waals surface area contributed by atoms with Gasteiger partial charge in [0.25, 0.3) is 0 Å². The van der Waals surface area contributed by atoms with E-state index in [4.69, 9.17) is 5.73 Å². The Labute approximate surface area is 122 Å². The Morgan fingerprint density at radius 2 is 2.00 bits per heavy atom. The predicted octanol–water partition coefficient (Wildman–Crippen LogP) is 3.30. The lowest BCUT2D eigenvalue weighted by atomic mass is 9.61. The lowest BCUT2D eigenvalue weighted by molar-refractivity contribution is -0.0256. The smallest absolute Gasteiger partial charge is 0.103 e. The Bertz CT molecular complexity index is 416. The molecule has 1 unspecified atom stereocenters. The van der Waals surface area contributed by atoms with Crippen molar-refractivity contribution in [2.24, 2.45) is 22.5 Å². The van der Waals surface area contributed by atoms with E-state index in [2.05, 4.69) is 25.8 Å². The molecule has 0 amide bonds. The van der Waals surface area contributed by atoms with Crippen LogP contribution in [0.2, 0.25) is 0 Å². The van der Waals surface area contributed by atoms with E-state index in [1.165, 1.54) is 0 Å². The highest BCUT2D eigenvalue weighted by atomic mass is 16.3. The van der Waals surface area contributed by atoms with Gasteiger partial charge in [0.15, 0.2) is 0 Å². The fraction of sp³-hybridized carbons (Fsp3) is 0.706. The highest BCUT2D eigenvalue weighted by molar-refractivity contribution is 5.11. The Morgan fingerprint density at radius 1 is 1.35 bits per heavy atom. The van der Waals surface area contributed by atoms with E-state index in [0.717, 1.165) is 37.3 Å². The predicted molar refractivity (Wildman–Crippen MR) is 82.1 cm³/mol. The molecule has 1 aromatic rings. The number of hydrogen-bond acceptors (Lipinski definition) is 3. The molecule has 2 rings (SSSR count). The van der Waals surface area contributed by atoms with Gasteiger partial charge in [-0.1, -0.05) is 26.8 Å². The van der Waals surface area contributed by atoms with Gasteiger partial charge in [0.2, 0.25) is 0 Å². The molecule has 1 aromatic heterocycles. The highest BCUT2D eigenvalue weighted by Gasteiger charge is 2.43. The summed E-state index contributed by atoms with van der Waals surface area (Å²) >= 11 is 0. The van der Waals surface area contributed by atoms with Crippen molar-refractivity contribution in [2.75, 3.05) is 6.54 Å². The van der Waals surface area contributed by atoms with Crippen LogP contribution in [0.25, 0.3) is 0 Å². The normalized spacial score (nSPS) is 29.1. The zero-order valence-electron chi connectivity index (χ0n) is 13.0. The minimum Gasteiger partial charge on any atom is -0.386 e. The fourth-order valence-electron chi connectivity index (χ4n) is 3.50. The maximum atomic E-state index is 10.7. The van der Waals surface area contributed by atoms with Crippen molar-refractivity contribution in [3.8, 4) is 0 Å². The summed E-state index contributed by atoms with van der Waals surface area (Å²) in [6.45, 7) is 7.45. The Kier molecular flexibility index (Phi) is 4.50. The molecule has 3 heteroatoms. The van der Waals surface area contributed by atoms with Crippen molar-refractivity contribution in [3.63, 3.8) is 0 Å². The zero-order valence-corrected chi connectivity index (χ0v) is 13.0. The van der Waals surface area contributed by atoms with Crippen molar-refractivity contribution in [1.82, 2.24) is 4.98 Å². The Morgan fingerprint density at radius 3 is 2.45 bits per heavy atom. The monoisotopic (exact) mass is 276 g/mol. The molecule has 20 heavy (non-hydrogen) atoms. The van der Waals surface area contributed by atoms with Crippen LogP contribution in [0.1, 0.15) is 58.3 Å². The average Bonchev–Trinajstić information content (AvgIpc) is 2.46. The third kappa shape index (κ3) is 3.04. The van der Waals surface area contributed by atoms with E-state index >= 15 is 0 Å². The van der Waals surface area contributed by atoms with Gasteiger partial charge in [0, 0.05) is 18.2 Å². The first-order valence-electron chi connectivity index (χ1n) is 7.68. The van der Waals surface area contributed by atoms with Crippen LogP contribution < -0.4 is 5.73 Å². The third-order valence-electron chi connectivity index (χ3n) is 5.16. The number of aliphatic hydroxyl groups excluding tert-OH is 1. The molecule has 3 nitrogen and oxygen atoms in total. The summed E-state index contributed by atoms with van der Waals surface area (Å²) < 4.78 is 0. The molecule has 0 saturated heterocycles. The summed E-state index contributed by atoms with van der Waals surface area (Å²) in [4.78, 5) is 4.31. The van der Waals surface area contributed by atoms with Gasteiger partial charge in [-0.25, -0.2) is 0 Å². The number of hydrogen-bond donors (Lipinski definition) is 2. The van der Waals surface area contributed by atoms with Crippen LogP contribution in [0.5, 0.6) is 0 Å². The summed E-state index contributed by atoms with van der Waals surface area (Å²) in [6.07, 6.45) is 5.46. The number of rotatable bonds is 3. The van der Waals surface area contributed by atoms with Crippen molar-refractivity contribution in [2.45, 2.75) is 52.6 Å². The van der Waals surface area contributed by atoms with Crippen LogP contribution in [-0.2, 0) is 0 Å². The number of nitrogens with two attached hydrogens (primary N) is 1. The molecular weight excluding hydrogens is 248 g/mol. The van der Waals surface area contributed by atoms with E-state index in [1.54, 1.807) is 6.20 Å². The molecule has 0 aromatic carbocycles. The first-order valence-corrected chi connectivity index (χ1v) is 7.68. The topological polar surface area (TPSA) is 59.1 Å². The van der Waals surface area contributed by atoms with Gasteiger partial charge in [0.1, 0.15) is 6.10 Å². The largest absolute Gasteiger partial charge is 0.386 e. The molecule has 1 atom stereocenters. The van der Waals surface area contributed by atoms with E-state index in [1.807, 2.05) is 18.2 Å². The quantitative estimate of drug-likeness (QED) is 0.890. The van der Waals surface area contributed by atoms with Gasteiger partial charge >= 0.3 is 0 Å². The molecule has 1 heterocycles. The van der Waals surface area contributed by atoms with Crippen molar-refractivity contribution in [1.29, 1.82) is 0 Å². The van der Waals surface area contributed by atoms with E-state index in [9.17, 15) is 5.11 Å². The second kappa shape index (κ2) is 5.82.